The first-order chi connectivity index (χ1) is 9.75. The van der Waals surface area contributed by atoms with Crippen molar-refractivity contribution in [3.63, 3.8) is 0 Å². The first kappa shape index (κ1) is 12.1. The highest BCUT2D eigenvalue weighted by atomic mass is 16.6. The van der Waals surface area contributed by atoms with Gasteiger partial charge in [0, 0.05) is 17.7 Å². The van der Waals surface area contributed by atoms with Gasteiger partial charge >= 0.3 is 0 Å². The summed E-state index contributed by atoms with van der Waals surface area (Å²) in [4.78, 5) is 10.4. The van der Waals surface area contributed by atoms with Crippen LogP contribution in [0.5, 0.6) is 0 Å². The fourth-order valence-electron chi connectivity index (χ4n) is 2.07. The molecule has 1 heterocycles. The molecule has 3 rings (SSSR count). The Balaban J connectivity index is 2.10. The normalized spacial score (nSPS) is 10.4. The molecule has 98 valence electrons. The molecule has 0 unspecified atom stereocenters. The summed E-state index contributed by atoms with van der Waals surface area (Å²) < 4.78 is 1.70. The summed E-state index contributed by atoms with van der Waals surface area (Å²) in [6, 6.07) is 18.1. The Morgan fingerprint density at radius 1 is 1.00 bits per heavy atom. The Bertz CT molecular complexity index is 751. The zero-order chi connectivity index (χ0) is 13.9. The number of nitro benzene ring substituents is 1. The maximum Gasteiger partial charge on any atom is 0.271 e. The van der Waals surface area contributed by atoms with Crippen LogP contribution in [0, 0.1) is 10.1 Å². The van der Waals surface area contributed by atoms with E-state index in [0.717, 1.165) is 11.3 Å². The summed E-state index contributed by atoms with van der Waals surface area (Å²) in [6.07, 6.45) is 1.68. The minimum absolute atomic E-state index is 0.0528. The molecular weight excluding hydrogens is 254 g/mol. The van der Waals surface area contributed by atoms with Crippen molar-refractivity contribution in [3.05, 3.63) is 77.0 Å². The van der Waals surface area contributed by atoms with E-state index in [0.29, 0.717) is 5.69 Å². The van der Waals surface area contributed by atoms with E-state index in [-0.39, 0.29) is 5.69 Å². The maximum absolute atomic E-state index is 10.9. The van der Waals surface area contributed by atoms with Crippen molar-refractivity contribution in [2.45, 2.75) is 0 Å². The first-order valence-electron chi connectivity index (χ1n) is 6.10. The third kappa shape index (κ3) is 2.16. The van der Waals surface area contributed by atoms with Gasteiger partial charge in [-0.3, -0.25) is 10.1 Å². The second-order valence-corrected chi connectivity index (χ2v) is 4.27. The van der Waals surface area contributed by atoms with Crippen LogP contribution < -0.4 is 0 Å². The molecule has 3 aromatic rings. The average molecular weight is 265 g/mol. The maximum atomic E-state index is 10.9. The summed E-state index contributed by atoms with van der Waals surface area (Å²) in [7, 11) is 0. The number of nitrogens with zero attached hydrogens (tertiary/aromatic N) is 3. The molecule has 20 heavy (non-hydrogen) atoms. The molecule has 5 nitrogen and oxygen atoms in total. The van der Waals surface area contributed by atoms with E-state index in [2.05, 4.69) is 5.10 Å². The summed E-state index contributed by atoms with van der Waals surface area (Å²) in [5, 5.41) is 15.1. The predicted octanol–water partition coefficient (Wildman–Crippen LogP) is 3.45. The van der Waals surface area contributed by atoms with E-state index in [9.17, 15) is 10.1 Å². The molecule has 0 saturated heterocycles. The molecule has 0 fully saturated rings. The van der Waals surface area contributed by atoms with Crippen LogP contribution in [0.3, 0.4) is 0 Å². The molecule has 0 bridgehead atoms. The fraction of sp³-hybridized carbons (Fsp3) is 0. The van der Waals surface area contributed by atoms with Gasteiger partial charge in [0.25, 0.3) is 5.69 Å². The second-order valence-electron chi connectivity index (χ2n) is 4.27. The highest BCUT2D eigenvalue weighted by molar-refractivity contribution is 5.62. The van der Waals surface area contributed by atoms with Crippen LogP contribution in [-0.2, 0) is 0 Å². The van der Waals surface area contributed by atoms with Gasteiger partial charge < -0.3 is 0 Å². The van der Waals surface area contributed by atoms with Gasteiger partial charge in [-0.05, 0) is 12.1 Å². The number of rotatable bonds is 3. The highest BCUT2D eigenvalue weighted by Crippen LogP contribution is 2.24. The molecule has 0 aliphatic rings. The summed E-state index contributed by atoms with van der Waals surface area (Å²) >= 11 is 0. The molecule has 0 saturated carbocycles. The quantitative estimate of drug-likeness (QED) is 0.538. The van der Waals surface area contributed by atoms with Gasteiger partial charge in [0.05, 0.1) is 22.5 Å². The topological polar surface area (TPSA) is 61.0 Å². The Kier molecular flexibility index (Phi) is 3.01. The Labute approximate surface area is 115 Å². The molecule has 0 spiro atoms. The zero-order valence-corrected chi connectivity index (χ0v) is 10.5. The van der Waals surface area contributed by atoms with Crippen LogP contribution in [0.1, 0.15) is 0 Å². The van der Waals surface area contributed by atoms with Gasteiger partial charge in [0.15, 0.2) is 0 Å². The molecule has 0 aliphatic carbocycles. The van der Waals surface area contributed by atoms with Crippen LogP contribution in [-0.4, -0.2) is 14.7 Å². The molecule has 2 aromatic carbocycles. The number of hydrogen-bond acceptors (Lipinski definition) is 3. The summed E-state index contributed by atoms with van der Waals surface area (Å²) in [6.45, 7) is 0. The minimum Gasteiger partial charge on any atom is -0.258 e. The lowest BCUT2D eigenvalue weighted by atomic mass is 10.1. The molecule has 0 amide bonds. The Hall–Kier alpha value is -2.95. The van der Waals surface area contributed by atoms with Crippen LogP contribution >= 0.6 is 0 Å². The third-order valence-corrected chi connectivity index (χ3v) is 3.00. The first-order valence-corrected chi connectivity index (χ1v) is 6.10. The molecule has 0 atom stereocenters. The average Bonchev–Trinajstić information content (AvgIpc) is 2.98. The number of nitro groups is 1. The zero-order valence-electron chi connectivity index (χ0n) is 10.5. The van der Waals surface area contributed by atoms with E-state index >= 15 is 0 Å². The lowest BCUT2D eigenvalue weighted by Gasteiger charge is -2.07. The van der Waals surface area contributed by atoms with Gasteiger partial charge in [-0.2, -0.15) is 5.10 Å². The largest absolute Gasteiger partial charge is 0.271 e. The van der Waals surface area contributed by atoms with Crippen molar-refractivity contribution in [2.75, 3.05) is 0 Å². The second kappa shape index (κ2) is 4.97. The van der Waals surface area contributed by atoms with Crippen molar-refractivity contribution >= 4 is 5.69 Å². The van der Waals surface area contributed by atoms with Crippen molar-refractivity contribution < 1.29 is 4.92 Å². The number of aromatic nitrogens is 2. The fourth-order valence-corrected chi connectivity index (χ4v) is 2.07. The highest BCUT2D eigenvalue weighted by Gasteiger charge is 2.11. The summed E-state index contributed by atoms with van der Waals surface area (Å²) in [5.41, 5.74) is 2.63. The molecule has 5 heteroatoms. The number of benzene rings is 2. The smallest absolute Gasteiger partial charge is 0.258 e. The SMILES string of the molecule is O=[N+]([O-])c1cccc(-n2nccc2-c2ccccc2)c1. The van der Waals surface area contributed by atoms with Crippen LogP contribution in [0.2, 0.25) is 0 Å². The van der Waals surface area contributed by atoms with Crippen LogP contribution in [0.15, 0.2) is 66.9 Å². The van der Waals surface area contributed by atoms with Crippen molar-refractivity contribution in [3.8, 4) is 16.9 Å². The monoisotopic (exact) mass is 265 g/mol. The lowest BCUT2D eigenvalue weighted by Crippen LogP contribution is -1.99. The molecule has 0 N–H and O–H groups in total. The van der Waals surface area contributed by atoms with E-state index in [1.165, 1.54) is 12.1 Å². The van der Waals surface area contributed by atoms with Crippen molar-refractivity contribution in [1.82, 2.24) is 9.78 Å². The summed E-state index contributed by atoms with van der Waals surface area (Å²) in [5.74, 6) is 0. The van der Waals surface area contributed by atoms with Gasteiger partial charge in [0.1, 0.15) is 0 Å². The standard InChI is InChI=1S/C15H11N3O2/c19-18(20)14-8-4-7-13(11-14)17-15(9-10-16-17)12-5-2-1-3-6-12/h1-11H. The minimum atomic E-state index is -0.408. The van der Waals surface area contributed by atoms with E-state index in [1.54, 1.807) is 23.0 Å². The van der Waals surface area contributed by atoms with Crippen molar-refractivity contribution in [2.24, 2.45) is 0 Å². The third-order valence-electron chi connectivity index (χ3n) is 3.00. The van der Waals surface area contributed by atoms with Gasteiger partial charge in [-0.25, -0.2) is 4.68 Å². The number of non-ortho nitro benzene ring substituents is 1. The van der Waals surface area contributed by atoms with E-state index < -0.39 is 4.92 Å². The van der Waals surface area contributed by atoms with E-state index in [1.807, 2.05) is 36.4 Å². The van der Waals surface area contributed by atoms with E-state index in [4.69, 9.17) is 0 Å². The molecule has 0 radical (unpaired) electrons. The molecule has 1 aromatic heterocycles. The van der Waals surface area contributed by atoms with Gasteiger partial charge in [-0.1, -0.05) is 36.4 Å². The Morgan fingerprint density at radius 3 is 2.55 bits per heavy atom. The Morgan fingerprint density at radius 2 is 1.80 bits per heavy atom. The molecular formula is C15H11N3O2. The predicted molar refractivity (Wildman–Crippen MR) is 75.7 cm³/mol. The van der Waals surface area contributed by atoms with Crippen LogP contribution in [0.4, 0.5) is 5.69 Å². The van der Waals surface area contributed by atoms with Gasteiger partial charge in [-0.15, -0.1) is 0 Å². The number of hydrogen-bond donors (Lipinski definition) is 0. The van der Waals surface area contributed by atoms with Crippen LogP contribution in [0.25, 0.3) is 16.9 Å². The molecule has 0 aliphatic heterocycles. The van der Waals surface area contributed by atoms with Crippen molar-refractivity contribution in [1.29, 1.82) is 0 Å². The van der Waals surface area contributed by atoms with Gasteiger partial charge in [0.2, 0.25) is 0 Å². The lowest BCUT2D eigenvalue weighted by molar-refractivity contribution is -0.384.